The van der Waals surface area contributed by atoms with Crippen LogP contribution in [-0.2, 0) is 29.0 Å². The number of hydrogen-bond donors (Lipinski definition) is 1. The monoisotopic (exact) mass is 464 g/mol. The third kappa shape index (κ3) is 6.98. The lowest BCUT2D eigenvalue weighted by Crippen LogP contribution is -2.52. The molecule has 178 valence electrons. The van der Waals surface area contributed by atoms with Gasteiger partial charge < -0.3 is 10.2 Å². The molecule has 2 amide bonds. The summed E-state index contributed by atoms with van der Waals surface area (Å²) in [6.07, 6.45) is 0.990. The second-order valence-electron chi connectivity index (χ2n) is 8.44. The Hall–Kier alpha value is -3.54. The van der Waals surface area contributed by atoms with Crippen LogP contribution in [0.4, 0.5) is 8.78 Å². The highest BCUT2D eigenvalue weighted by molar-refractivity contribution is 5.89. The summed E-state index contributed by atoms with van der Waals surface area (Å²) in [6, 6.07) is 20.4. The summed E-state index contributed by atoms with van der Waals surface area (Å²) >= 11 is 0. The van der Waals surface area contributed by atoms with Crippen molar-refractivity contribution in [3.63, 3.8) is 0 Å². The van der Waals surface area contributed by atoms with Gasteiger partial charge in [0, 0.05) is 24.6 Å². The minimum atomic E-state index is -0.844. The number of nitrogens with zero attached hydrogens (tertiary/aromatic N) is 1. The third-order valence-corrected chi connectivity index (χ3v) is 5.84. The predicted octanol–water partition coefficient (Wildman–Crippen LogP) is 5.06. The molecule has 0 heterocycles. The van der Waals surface area contributed by atoms with Gasteiger partial charge in [0.05, 0.1) is 6.42 Å². The average molecular weight is 465 g/mol. The minimum absolute atomic E-state index is 0.0311. The highest BCUT2D eigenvalue weighted by Gasteiger charge is 2.31. The number of carbonyl (C=O) groups excluding carboxylic acids is 2. The molecule has 3 aromatic rings. The molecule has 0 aliphatic rings. The van der Waals surface area contributed by atoms with Crippen LogP contribution in [-0.4, -0.2) is 28.8 Å². The fourth-order valence-corrected chi connectivity index (χ4v) is 3.68. The van der Waals surface area contributed by atoms with Crippen molar-refractivity contribution in [2.75, 3.05) is 0 Å². The fourth-order valence-electron chi connectivity index (χ4n) is 3.68. The van der Waals surface area contributed by atoms with E-state index in [0.717, 1.165) is 12.0 Å². The molecule has 3 aromatic carbocycles. The molecular formula is C28H30F2N2O2. The smallest absolute Gasteiger partial charge is 0.243 e. The van der Waals surface area contributed by atoms with Gasteiger partial charge in [-0.15, -0.1) is 0 Å². The van der Waals surface area contributed by atoms with E-state index in [2.05, 4.69) is 5.32 Å². The summed E-state index contributed by atoms with van der Waals surface area (Å²) in [4.78, 5) is 28.4. The number of nitrogens with one attached hydrogen (secondary N) is 1. The summed E-state index contributed by atoms with van der Waals surface area (Å²) in [6.45, 7) is 3.81. The van der Waals surface area contributed by atoms with Crippen molar-refractivity contribution < 1.29 is 18.4 Å². The van der Waals surface area contributed by atoms with Crippen LogP contribution < -0.4 is 5.32 Å². The molecule has 3 rings (SSSR count). The molecule has 0 radical (unpaired) electrons. The van der Waals surface area contributed by atoms with E-state index in [9.17, 15) is 18.4 Å². The first kappa shape index (κ1) is 25.1. The predicted molar refractivity (Wildman–Crippen MR) is 129 cm³/mol. The van der Waals surface area contributed by atoms with Crippen molar-refractivity contribution >= 4 is 11.8 Å². The summed E-state index contributed by atoms with van der Waals surface area (Å²) in [5, 5.41) is 2.98. The van der Waals surface area contributed by atoms with E-state index in [4.69, 9.17) is 0 Å². The van der Waals surface area contributed by atoms with E-state index in [1.54, 1.807) is 30.3 Å². The number of hydrogen-bond acceptors (Lipinski definition) is 2. The van der Waals surface area contributed by atoms with Gasteiger partial charge in [0.2, 0.25) is 11.8 Å². The van der Waals surface area contributed by atoms with E-state index in [-0.39, 0.29) is 37.2 Å². The zero-order valence-corrected chi connectivity index (χ0v) is 19.5. The molecule has 2 unspecified atom stereocenters. The van der Waals surface area contributed by atoms with E-state index < -0.39 is 17.7 Å². The molecule has 0 aliphatic heterocycles. The van der Waals surface area contributed by atoms with Crippen LogP contribution in [0.2, 0.25) is 0 Å². The molecule has 0 saturated carbocycles. The van der Waals surface area contributed by atoms with Crippen LogP contribution >= 0.6 is 0 Å². The Morgan fingerprint density at radius 2 is 1.53 bits per heavy atom. The Labute approximate surface area is 199 Å². The van der Waals surface area contributed by atoms with Crippen LogP contribution in [0.5, 0.6) is 0 Å². The first-order chi connectivity index (χ1) is 16.4. The Balaban J connectivity index is 1.97. The molecule has 1 N–H and O–H groups in total. The quantitative estimate of drug-likeness (QED) is 0.456. The van der Waals surface area contributed by atoms with E-state index in [1.165, 1.54) is 23.1 Å². The SMILES string of the molecule is CCC(C)NC(=O)C(Cc1ccccc1)N(Cc1ccccc1F)C(=O)Cc1ccc(F)cc1. The Bertz CT molecular complexity index is 1090. The summed E-state index contributed by atoms with van der Waals surface area (Å²) in [7, 11) is 0. The molecule has 34 heavy (non-hydrogen) atoms. The Kier molecular flexibility index (Phi) is 8.91. The number of halogens is 2. The lowest BCUT2D eigenvalue weighted by atomic mass is 10.0. The van der Waals surface area contributed by atoms with E-state index in [0.29, 0.717) is 11.1 Å². The Morgan fingerprint density at radius 1 is 0.882 bits per heavy atom. The molecule has 4 nitrogen and oxygen atoms in total. The van der Waals surface area contributed by atoms with Crippen molar-refractivity contribution in [3.8, 4) is 0 Å². The van der Waals surface area contributed by atoms with Gasteiger partial charge in [-0.1, -0.05) is 67.6 Å². The van der Waals surface area contributed by atoms with E-state index in [1.807, 2.05) is 44.2 Å². The van der Waals surface area contributed by atoms with E-state index >= 15 is 0 Å². The minimum Gasteiger partial charge on any atom is -0.352 e. The molecule has 6 heteroatoms. The molecule has 2 atom stereocenters. The maximum Gasteiger partial charge on any atom is 0.243 e. The van der Waals surface area contributed by atoms with Crippen LogP contribution in [0, 0.1) is 11.6 Å². The van der Waals surface area contributed by atoms with Crippen molar-refractivity contribution in [2.45, 2.75) is 51.7 Å². The van der Waals surface area contributed by atoms with Crippen LogP contribution in [0.25, 0.3) is 0 Å². The van der Waals surface area contributed by atoms with Gasteiger partial charge in [0.15, 0.2) is 0 Å². The fraction of sp³-hybridized carbons (Fsp3) is 0.286. The largest absolute Gasteiger partial charge is 0.352 e. The topological polar surface area (TPSA) is 49.4 Å². The van der Waals surface area contributed by atoms with Gasteiger partial charge in [-0.2, -0.15) is 0 Å². The van der Waals surface area contributed by atoms with Crippen LogP contribution in [0.1, 0.15) is 37.0 Å². The van der Waals surface area contributed by atoms with Gasteiger partial charge in [0.25, 0.3) is 0 Å². The first-order valence-electron chi connectivity index (χ1n) is 11.5. The second-order valence-corrected chi connectivity index (χ2v) is 8.44. The summed E-state index contributed by atoms with van der Waals surface area (Å²) in [5.74, 6) is -1.46. The zero-order valence-electron chi connectivity index (χ0n) is 19.5. The lowest BCUT2D eigenvalue weighted by Gasteiger charge is -2.32. The van der Waals surface area contributed by atoms with Gasteiger partial charge in [-0.3, -0.25) is 9.59 Å². The summed E-state index contributed by atoms with van der Waals surface area (Å²) < 4.78 is 27.9. The molecule has 0 spiro atoms. The van der Waals surface area contributed by atoms with Gasteiger partial charge in [-0.05, 0) is 42.7 Å². The molecular weight excluding hydrogens is 434 g/mol. The lowest BCUT2D eigenvalue weighted by molar-refractivity contribution is -0.141. The van der Waals surface area contributed by atoms with Crippen molar-refractivity contribution in [1.82, 2.24) is 10.2 Å². The maximum absolute atomic E-state index is 14.6. The zero-order chi connectivity index (χ0) is 24.5. The van der Waals surface area contributed by atoms with Gasteiger partial charge in [-0.25, -0.2) is 8.78 Å². The summed E-state index contributed by atoms with van der Waals surface area (Å²) in [5.41, 5.74) is 1.83. The third-order valence-electron chi connectivity index (χ3n) is 5.84. The number of rotatable bonds is 10. The molecule has 0 aromatic heterocycles. The number of benzene rings is 3. The standard InChI is InChI=1S/C28H30F2N2O2/c1-3-20(2)31-28(34)26(17-21-9-5-4-6-10-21)32(19-23-11-7-8-12-25(23)30)27(33)18-22-13-15-24(29)16-14-22/h4-16,20,26H,3,17-19H2,1-2H3,(H,31,34). The first-order valence-corrected chi connectivity index (χ1v) is 11.5. The molecule has 0 aliphatic carbocycles. The molecule has 0 bridgehead atoms. The van der Waals surface area contributed by atoms with Crippen LogP contribution in [0.15, 0.2) is 78.9 Å². The van der Waals surface area contributed by atoms with Crippen LogP contribution in [0.3, 0.4) is 0 Å². The van der Waals surface area contributed by atoms with Gasteiger partial charge in [0.1, 0.15) is 17.7 Å². The van der Waals surface area contributed by atoms with Crippen molar-refractivity contribution in [2.24, 2.45) is 0 Å². The highest BCUT2D eigenvalue weighted by Crippen LogP contribution is 2.18. The maximum atomic E-state index is 14.6. The Morgan fingerprint density at radius 3 is 2.18 bits per heavy atom. The van der Waals surface area contributed by atoms with Crippen molar-refractivity contribution in [1.29, 1.82) is 0 Å². The van der Waals surface area contributed by atoms with Gasteiger partial charge >= 0.3 is 0 Å². The molecule has 0 fully saturated rings. The highest BCUT2D eigenvalue weighted by atomic mass is 19.1. The van der Waals surface area contributed by atoms with Crippen molar-refractivity contribution in [3.05, 3.63) is 107 Å². The second kappa shape index (κ2) is 12.1. The molecule has 0 saturated heterocycles. The normalized spacial score (nSPS) is 12.6. The number of amides is 2. The number of carbonyl (C=O) groups is 2. The average Bonchev–Trinajstić information content (AvgIpc) is 2.84.